The molecule has 1 unspecified atom stereocenters. The van der Waals surface area contributed by atoms with Crippen LogP contribution in [0.25, 0.3) is 0 Å². The van der Waals surface area contributed by atoms with Gasteiger partial charge in [-0.3, -0.25) is 0 Å². The zero-order chi connectivity index (χ0) is 14.4. The molecule has 0 aliphatic heterocycles. The Labute approximate surface area is 127 Å². The molecule has 0 saturated heterocycles. The first-order valence-corrected chi connectivity index (χ1v) is 8.27. The fraction of sp³-hybridized carbons (Fsp3) is 0.444. The summed E-state index contributed by atoms with van der Waals surface area (Å²) in [6, 6.07) is 15.1. The third kappa shape index (κ3) is 4.19. The number of benzene rings is 1. The Kier molecular flexibility index (Phi) is 5.38. The predicted molar refractivity (Wildman–Crippen MR) is 89.7 cm³/mol. The van der Waals surface area contributed by atoms with Crippen molar-refractivity contribution < 1.29 is 0 Å². The molecule has 1 atom stereocenters. The molecule has 1 nitrogen and oxygen atoms in total. The van der Waals surface area contributed by atoms with Gasteiger partial charge in [-0.05, 0) is 35.9 Å². The second-order valence-corrected chi connectivity index (χ2v) is 7.09. The van der Waals surface area contributed by atoms with Crippen molar-refractivity contribution in [3.8, 4) is 0 Å². The Hall–Kier alpha value is -1.12. The van der Waals surface area contributed by atoms with Crippen molar-refractivity contribution in [1.82, 2.24) is 5.32 Å². The van der Waals surface area contributed by atoms with E-state index in [1.165, 1.54) is 16.9 Å². The molecular weight excluding hydrogens is 262 g/mol. The molecule has 0 aliphatic carbocycles. The van der Waals surface area contributed by atoms with Crippen molar-refractivity contribution in [2.24, 2.45) is 0 Å². The smallest absolute Gasteiger partial charge is 0.0115 e. The van der Waals surface area contributed by atoms with Gasteiger partial charge in [0.2, 0.25) is 0 Å². The quantitative estimate of drug-likeness (QED) is 0.721. The van der Waals surface area contributed by atoms with Crippen LogP contribution < -0.4 is 5.32 Å². The highest BCUT2D eigenvalue weighted by Crippen LogP contribution is 2.26. The van der Waals surface area contributed by atoms with Crippen molar-refractivity contribution in [2.75, 3.05) is 13.1 Å². The van der Waals surface area contributed by atoms with Gasteiger partial charge in [0.05, 0.1) is 0 Å². The molecule has 20 heavy (non-hydrogen) atoms. The molecule has 1 aromatic carbocycles. The number of rotatable bonds is 7. The van der Waals surface area contributed by atoms with E-state index in [1.807, 2.05) is 11.3 Å². The lowest BCUT2D eigenvalue weighted by atomic mass is 9.91. The predicted octanol–water partition coefficient (Wildman–Crippen LogP) is 4.81. The highest BCUT2D eigenvalue weighted by atomic mass is 32.1. The minimum absolute atomic E-state index is 0.226. The summed E-state index contributed by atoms with van der Waals surface area (Å²) >= 11 is 1.85. The Morgan fingerprint density at radius 2 is 1.85 bits per heavy atom. The first-order chi connectivity index (χ1) is 9.59. The van der Waals surface area contributed by atoms with E-state index in [-0.39, 0.29) is 5.41 Å². The fourth-order valence-electron chi connectivity index (χ4n) is 2.42. The molecule has 1 N–H and O–H groups in total. The van der Waals surface area contributed by atoms with E-state index in [4.69, 9.17) is 0 Å². The van der Waals surface area contributed by atoms with Crippen LogP contribution in [-0.2, 0) is 5.41 Å². The Balaban J connectivity index is 1.74. The molecule has 1 aromatic heterocycles. The molecule has 0 amide bonds. The lowest BCUT2D eigenvalue weighted by Gasteiger charge is -2.24. The second kappa shape index (κ2) is 7.05. The first-order valence-electron chi connectivity index (χ1n) is 7.39. The Morgan fingerprint density at radius 1 is 1.10 bits per heavy atom. The number of hydrogen-bond donors (Lipinski definition) is 1. The van der Waals surface area contributed by atoms with Crippen molar-refractivity contribution in [3.05, 3.63) is 58.3 Å². The summed E-state index contributed by atoms with van der Waals surface area (Å²) in [5.41, 5.74) is 1.66. The summed E-state index contributed by atoms with van der Waals surface area (Å²) in [7, 11) is 0. The molecule has 0 fully saturated rings. The molecular formula is C18H25NS. The SMILES string of the molecule is CC(CCNCC(C)(C)c1cccs1)c1ccccc1. The van der Waals surface area contributed by atoms with Gasteiger partial charge in [-0.1, -0.05) is 57.2 Å². The van der Waals surface area contributed by atoms with Crippen molar-refractivity contribution in [3.63, 3.8) is 0 Å². The maximum absolute atomic E-state index is 3.62. The highest BCUT2D eigenvalue weighted by Gasteiger charge is 2.20. The number of thiophene rings is 1. The highest BCUT2D eigenvalue weighted by molar-refractivity contribution is 7.10. The molecule has 2 aromatic rings. The van der Waals surface area contributed by atoms with Gasteiger partial charge in [-0.25, -0.2) is 0 Å². The maximum Gasteiger partial charge on any atom is 0.0115 e. The summed E-state index contributed by atoms with van der Waals surface area (Å²) in [5, 5.41) is 5.78. The van der Waals surface area contributed by atoms with Crippen LogP contribution in [0, 0.1) is 0 Å². The normalized spacial score (nSPS) is 13.3. The van der Waals surface area contributed by atoms with Crippen molar-refractivity contribution >= 4 is 11.3 Å². The van der Waals surface area contributed by atoms with Crippen LogP contribution in [0.2, 0.25) is 0 Å². The average Bonchev–Trinajstić information content (AvgIpc) is 2.99. The summed E-state index contributed by atoms with van der Waals surface area (Å²) in [4.78, 5) is 1.46. The van der Waals surface area contributed by atoms with Gasteiger partial charge in [-0.2, -0.15) is 0 Å². The molecule has 1 heterocycles. The second-order valence-electron chi connectivity index (χ2n) is 6.14. The summed E-state index contributed by atoms with van der Waals surface area (Å²) < 4.78 is 0. The van der Waals surface area contributed by atoms with E-state index in [0.717, 1.165) is 13.1 Å². The van der Waals surface area contributed by atoms with E-state index in [2.05, 4.69) is 73.9 Å². The van der Waals surface area contributed by atoms with Gasteiger partial charge < -0.3 is 5.32 Å². The molecule has 0 aliphatic rings. The zero-order valence-corrected chi connectivity index (χ0v) is 13.5. The molecule has 108 valence electrons. The van der Waals surface area contributed by atoms with Crippen LogP contribution in [0.5, 0.6) is 0 Å². The van der Waals surface area contributed by atoms with Crippen LogP contribution in [0.3, 0.4) is 0 Å². The van der Waals surface area contributed by atoms with Crippen LogP contribution in [-0.4, -0.2) is 13.1 Å². The van der Waals surface area contributed by atoms with Gasteiger partial charge in [0.15, 0.2) is 0 Å². The topological polar surface area (TPSA) is 12.0 Å². The molecule has 0 bridgehead atoms. The monoisotopic (exact) mass is 287 g/mol. The van der Waals surface area contributed by atoms with Gasteiger partial charge in [0, 0.05) is 16.8 Å². The summed E-state index contributed by atoms with van der Waals surface area (Å²) in [6.07, 6.45) is 1.19. The standard InChI is InChI=1S/C18H25NS/c1-15(16-8-5-4-6-9-16)11-12-19-14-18(2,3)17-10-7-13-20-17/h4-10,13,15,19H,11-12,14H2,1-3H3. The molecule has 0 radical (unpaired) electrons. The summed E-state index contributed by atoms with van der Waals surface area (Å²) in [6.45, 7) is 9.04. The first kappa shape index (κ1) is 15.3. The van der Waals surface area contributed by atoms with Gasteiger partial charge in [-0.15, -0.1) is 11.3 Å². The number of nitrogens with one attached hydrogen (secondary N) is 1. The Bertz CT molecular complexity index is 487. The van der Waals surface area contributed by atoms with Crippen LogP contribution in [0.15, 0.2) is 47.8 Å². The lowest BCUT2D eigenvalue weighted by molar-refractivity contribution is 0.465. The third-order valence-electron chi connectivity index (χ3n) is 3.88. The van der Waals surface area contributed by atoms with Crippen LogP contribution in [0.1, 0.15) is 43.6 Å². The zero-order valence-electron chi connectivity index (χ0n) is 12.7. The van der Waals surface area contributed by atoms with E-state index in [1.54, 1.807) is 0 Å². The van der Waals surface area contributed by atoms with E-state index in [9.17, 15) is 0 Å². The minimum atomic E-state index is 0.226. The van der Waals surface area contributed by atoms with E-state index in [0.29, 0.717) is 5.92 Å². The van der Waals surface area contributed by atoms with E-state index >= 15 is 0 Å². The molecule has 2 rings (SSSR count). The molecule has 2 heteroatoms. The van der Waals surface area contributed by atoms with Crippen molar-refractivity contribution in [1.29, 1.82) is 0 Å². The van der Waals surface area contributed by atoms with E-state index < -0.39 is 0 Å². The average molecular weight is 287 g/mol. The Morgan fingerprint density at radius 3 is 2.50 bits per heavy atom. The largest absolute Gasteiger partial charge is 0.316 e. The van der Waals surface area contributed by atoms with Gasteiger partial charge in [0.25, 0.3) is 0 Å². The van der Waals surface area contributed by atoms with Crippen molar-refractivity contribution in [2.45, 2.75) is 38.5 Å². The molecule has 0 spiro atoms. The van der Waals surface area contributed by atoms with Crippen LogP contribution >= 0.6 is 11.3 Å². The lowest BCUT2D eigenvalue weighted by Crippen LogP contribution is -2.33. The van der Waals surface area contributed by atoms with Crippen LogP contribution in [0.4, 0.5) is 0 Å². The summed E-state index contributed by atoms with van der Waals surface area (Å²) in [5.74, 6) is 0.619. The maximum atomic E-state index is 3.62. The fourth-order valence-corrected chi connectivity index (χ4v) is 3.27. The van der Waals surface area contributed by atoms with Gasteiger partial charge in [0.1, 0.15) is 0 Å². The van der Waals surface area contributed by atoms with Gasteiger partial charge >= 0.3 is 0 Å². The minimum Gasteiger partial charge on any atom is -0.316 e. The third-order valence-corrected chi connectivity index (χ3v) is 5.11. The number of hydrogen-bond acceptors (Lipinski definition) is 2. The molecule has 0 saturated carbocycles.